The molecule has 1 N–H and O–H groups in total. The van der Waals surface area contributed by atoms with Gasteiger partial charge in [0.15, 0.2) is 11.7 Å². The molecule has 0 spiro atoms. The third-order valence-corrected chi connectivity index (χ3v) is 3.54. The Bertz CT molecular complexity index is 656. The first-order valence-electron chi connectivity index (χ1n) is 7.88. The molecule has 0 radical (unpaired) electrons. The first-order chi connectivity index (χ1) is 10.6. The molecule has 0 unspecified atom stereocenters. The van der Waals surface area contributed by atoms with Gasteiger partial charge >= 0.3 is 0 Å². The van der Waals surface area contributed by atoms with Gasteiger partial charge in [0.1, 0.15) is 0 Å². The van der Waals surface area contributed by atoms with E-state index in [0.717, 1.165) is 5.56 Å². The number of carbonyl (C=O) groups excluding carboxylic acids is 1. The molecule has 0 saturated carbocycles. The number of likely N-dealkylation sites (tertiary alicyclic amines) is 1. The minimum atomic E-state index is -0.112. The monoisotopic (exact) mass is 302 g/mol. The Labute approximate surface area is 132 Å². The van der Waals surface area contributed by atoms with Crippen LogP contribution >= 0.6 is 0 Å². The Morgan fingerprint density at radius 3 is 2.32 bits per heavy atom. The Balaban J connectivity index is 0.000000253. The third kappa shape index (κ3) is 4.81. The summed E-state index contributed by atoms with van der Waals surface area (Å²) in [5.74, 6) is 0. The van der Waals surface area contributed by atoms with Gasteiger partial charge in [-0.25, -0.2) is 0 Å². The summed E-state index contributed by atoms with van der Waals surface area (Å²) in [6.45, 7) is 8.51. The van der Waals surface area contributed by atoms with E-state index in [4.69, 9.17) is 0 Å². The number of aldehydes is 1. The molecule has 1 aliphatic heterocycles. The van der Waals surface area contributed by atoms with Gasteiger partial charge in [0.2, 0.25) is 0 Å². The van der Waals surface area contributed by atoms with Gasteiger partial charge in [0.25, 0.3) is 0 Å². The van der Waals surface area contributed by atoms with Crippen molar-refractivity contribution in [3.8, 4) is 0 Å². The number of H-pyrrole nitrogens is 1. The van der Waals surface area contributed by atoms with Gasteiger partial charge in [-0.15, -0.1) is 0 Å². The van der Waals surface area contributed by atoms with Crippen LogP contribution in [0.1, 0.15) is 42.7 Å². The second-order valence-electron chi connectivity index (χ2n) is 5.21. The van der Waals surface area contributed by atoms with Crippen LogP contribution in [0.15, 0.2) is 29.1 Å². The van der Waals surface area contributed by atoms with E-state index in [9.17, 15) is 9.59 Å². The Morgan fingerprint density at radius 1 is 1.18 bits per heavy atom. The fourth-order valence-corrected chi connectivity index (χ4v) is 2.44. The quantitative estimate of drug-likeness (QED) is 0.822. The van der Waals surface area contributed by atoms with Crippen LogP contribution in [0.5, 0.6) is 0 Å². The Morgan fingerprint density at radius 2 is 1.82 bits per heavy atom. The number of hydrogen-bond acceptors (Lipinski definition) is 3. The van der Waals surface area contributed by atoms with Crippen LogP contribution in [0.4, 0.5) is 0 Å². The molecule has 0 aliphatic carbocycles. The minimum Gasteiger partial charge on any atom is -0.352 e. The van der Waals surface area contributed by atoms with Crippen molar-refractivity contribution in [2.45, 2.75) is 33.6 Å². The molecule has 1 fully saturated rings. The van der Waals surface area contributed by atoms with Gasteiger partial charge < -0.3 is 9.88 Å². The molecular formula is C18H26N2O2. The normalized spacial score (nSPS) is 13.8. The molecule has 2 aromatic rings. The van der Waals surface area contributed by atoms with E-state index in [1.165, 1.54) is 32.0 Å². The van der Waals surface area contributed by atoms with Crippen molar-refractivity contribution in [2.75, 3.05) is 20.1 Å². The first-order valence-corrected chi connectivity index (χ1v) is 7.88. The summed E-state index contributed by atoms with van der Waals surface area (Å²) >= 11 is 0. The van der Waals surface area contributed by atoms with Crippen molar-refractivity contribution in [2.24, 2.45) is 0 Å². The molecular weight excluding hydrogens is 276 g/mol. The number of benzene rings is 1. The van der Waals surface area contributed by atoms with Crippen LogP contribution in [-0.4, -0.2) is 36.3 Å². The molecule has 1 saturated heterocycles. The number of hydrogen-bond donors (Lipinski definition) is 1. The van der Waals surface area contributed by atoms with E-state index in [0.29, 0.717) is 22.9 Å². The average Bonchev–Trinajstić information content (AvgIpc) is 3.00. The zero-order valence-electron chi connectivity index (χ0n) is 14.0. The molecule has 4 heteroatoms. The second-order valence-corrected chi connectivity index (χ2v) is 5.21. The number of aromatic nitrogens is 1. The molecule has 0 amide bonds. The lowest BCUT2D eigenvalue weighted by Gasteiger charge is -2.01. The standard InChI is InChI=1S/C11H9NO2.C5H11N.C2H6/c1-7-3-2-4-9-11(7)10(14)5-8(6-13)12-9;1-6-4-2-3-5-6;1-2/h2-6H,1H3,(H,12,14);2-5H2,1H3;1-2H3. The number of rotatable bonds is 1. The smallest absolute Gasteiger partial charge is 0.190 e. The summed E-state index contributed by atoms with van der Waals surface area (Å²) in [4.78, 5) is 27.4. The molecule has 0 atom stereocenters. The molecule has 1 aromatic heterocycles. The average molecular weight is 302 g/mol. The van der Waals surface area contributed by atoms with Crippen LogP contribution in [0.25, 0.3) is 10.9 Å². The van der Waals surface area contributed by atoms with Crippen LogP contribution in [-0.2, 0) is 0 Å². The maximum absolute atomic E-state index is 11.6. The van der Waals surface area contributed by atoms with Crippen LogP contribution in [0, 0.1) is 6.92 Å². The number of nitrogens with one attached hydrogen (secondary N) is 1. The SMILES string of the molecule is CC.CN1CCCC1.Cc1cccc2[nH]c(C=O)cc(=O)c12. The number of fused-ring (bicyclic) bond motifs is 1. The highest BCUT2D eigenvalue weighted by Crippen LogP contribution is 2.11. The molecule has 0 bridgehead atoms. The Kier molecular flexibility index (Phi) is 7.54. The highest BCUT2D eigenvalue weighted by Gasteiger charge is 2.03. The summed E-state index contributed by atoms with van der Waals surface area (Å²) in [5.41, 5.74) is 1.83. The molecule has 1 aliphatic rings. The molecule has 120 valence electrons. The molecule has 1 aromatic carbocycles. The Hall–Kier alpha value is -1.94. The highest BCUT2D eigenvalue weighted by molar-refractivity contribution is 5.85. The number of aromatic amines is 1. The zero-order valence-corrected chi connectivity index (χ0v) is 14.0. The summed E-state index contributed by atoms with van der Waals surface area (Å²) in [7, 11) is 2.17. The molecule has 22 heavy (non-hydrogen) atoms. The van der Waals surface area contributed by atoms with Gasteiger partial charge in [-0.05, 0) is 51.5 Å². The number of pyridine rings is 1. The predicted octanol–water partition coefficient (Wildman–Crippen LogP) is 3.39. The van der Waals surface area contributed by atoms with Gasteiger partial charge in [0.05, 0.1) is 11.2 Å². The summed E-state index contributed by atoms with van der Waals surface area (Å²) in [6, 6.07) is 6.83. The maximum atomic E-state index is 11.6. The lowest BCUT2D eigenvalue weighted by Crippen LogP contribution is -2.10. The van der Waals surface area contributed by atoms with Gasteiger partial charge in [-0.1, -0.05) is 26.0 Å². The first kappa shape index (κ1) is 18.1. The molecule has 4 nitrogen and oxygen atoms in total. The fraction of sp³-hybridized carbons (Fsp3) is 0.444. The number of carbonyl (C=O) groups is 1. The van der Waals surface area contributed by atoms with Crippen LogP contribution < -0.4 is 5.43 Å². The predicted molar refractivity (Wildman–Crippen MR) is 92.8 cm³/mol. The van der Waals surface area contributed by atoms with E-state index in [1.54, 1.807) is 6.07 Å². The van der Waals surface area contributed by atoms with Crippen molar-refractivity contribution in [1.29, 1.82) is 0 Å². The van der Waals surface area contributed by atoms with Crippen molar-refractivity contribution in [1.82, 2.24) is 9.88 Å². The highest BCUT2D eigenvalue weighted by atomic mass is 16.1. The van der Waals surface area contributed by atoms with E-state index >= 15 is 0 Å². The van der Waals surface area contributed by atoms with Crippen LogP contribution in [0.3, 0.4) is 0 Å². The largest absolute Gasteiger partial charge is 0.352 e. The summed E-state index contributed by atoms with van der Waals surface area (Å²) < 4.78 is 0. The topological polar surface area (TPSA) is 53.2 Å². The van der Waals surface area contributed by atoms with Crippen molar-refractivity contribution >= 4 is 17.2 Å². The van der Waals surface area contributed by atoms with E-state index in [2.05, 4.69) is 16.9 Å². The van der Waals surface area contributed by atoms with Crippen molar-refractivity contribution in [3.05, 3.63) is 45.7 Å². The summed E-state index contributed by atoms with van der Waals surface area (Å²) in [6.07, 6.45) is 3.47. The summed E-state index contributed by atoms with van der Waals surface area (Å²) in [5, 5.41) is 0.651. The zero-order chi connectivity index (χ0) is 16.5. The third-order valence-electron chi connectivity index (χ3n) is 3.54. The lowest BCUT2D eigenvalue weighted by molar-refractivity contribution is 0.111. The minimum absolute atomic E-state index is 0.112. The number of aryl methyl sites for hydroxylation is 1. The van der Waals surface area contributed by atoms with Crippen molar-refractivity contribution < 1.29 is 4.79 Å². The van der Waals surface area contributed by atoms with Crippen LogP contribution in [0.2, 0.25) is 0 Å². The lowest BCUT2D eigenvalue weighted by atomic mass is 10.1. The molecule has 2 heterocycles. The number of nitrogens with zero attached hydrogens (tertiary/aromatic N) is 1. The van der Waals surface area contributed by atoms with E-state index in [-0.39, 0.29) is 5.43 Å². The van der Waals surface area contributed by atoms with Gasteiger partial charge in [-0.2, -0.15) is 0 Å². The van der Waals surface area contributed by atoms with Gasteiger partial charge in [-0.3, -0.25) is 9.59 Å². The van der Waals surface area contributed by atoms with Gasteiger partial charge in [0, 0.05) is 11.5 Å². The maximum Gasteiger partial charge on any atom is 0.190 e. The second kappa shape index (κ2) is 9.15. The van der Waals surface area contributed by atoms with E-state index in [1.807, 2.05) is 32.9 Å². The van der Waals surface area contributed by atoms with Crippen molar-refractivity contribution in [3.63, 3.8) is 0 Å². The molecule has 3 rings (SSSR count). The fourth-order valence-electron chi connectivity index (χ4n) is 2.44. The van der Waals surface area contributed by atoms with E-state index < -0.39 is 0 Å².